The van der Waals surface area contributed by atoms with Gasteiger partial charge in [-0.2, -0.15) is 13.2 Å². The average Bonchev–Trinajstić information content (AvgIpc) is 2.54. The molecule has 24 heavy (non-hydrogen) atoms. The number of nitrogens with one attached hydrogen (secondary N) is 1. The van der Waals surface area contributed by atoms with Crippen molar-refractivity contribution in [3.63, 3.8) is 0 Å². The first-order valence-electron chi connectivity index (χ1n) is 7.93. The number of hydrogen-bond acceptors (Lipinski definition) is 2. The fourth-order valence-electron chi connectivity index (χ4n) is 2.95. The summed E-state index contributed by atoms with van der Waals surface area (Å²) in [5.74, 6) is -0.0305. The van der Waals surface area contributed by atoms with Gasteiger partial charge in [-0.15, -0.1) is 12.4 Å². The van der Waals surface area contributed by atoms with E-state index in [4.69, 9.17) is 0 Å². The number of rotatable bonds is 4. The SMILES string of the molecule is CNC1CCCN(C(=O)CC(C)c2ccc(C(F)(F)F)cc2)C1.Cl. The van der Waals surface area contributed by atoms with Gasteiger partial charge in [-0.25, -0.2) is 0 Å². The van der Waals surface area contributed by atoms with Crippen molar-refractivity contribution in [3.8, 4) is 0 Å². The van der Waals surface area contributed by atoms with E-state index < -0.39 is 11.7 Å². The summed E-state index contributed by atoms with van der Waals surface area (Å²) >= 11 is 0. The van der Waals surface area contributed by atoms with Crippen LogP contribution in [0, 0.1) is 0 Å². The maximum atomic E-state index is 12.6. The number of benzene rings is 1. The monoisotopic (exact) mass is 364 g/mol. The third kappa shape index (κ3) is 5.38. The maximum absolute atomic E-state index is 12.6. The standard InChI is InChI=1S/C17H23F3N2O.ClH/c1-12(13-5-7-14(8-6-13)17(18,19)20)10-16(23)22-9-3-4-15(11-22)21-2;/h5-8,12,15,21H,3-4,9-11H2,1-2H3;1H. The van der Waals surface area contributed by atoms with Crippen LogP contribution in [0.25, 0.3) is 0 Å². The lowest BCUT2D eigenvalue weighted by atomic mass is 9.95. The summed E-state index contributed by atoms with van der Waals surface area (Å²) in [6.07, 6.45) is -1.96. The molecule has 1 N–H and O–H groups in total. The zero-order valence-electron chi connectivity index (χ0n) is 13.9. The number of amides is 1. The minimum atomic E-state index is -4.33. The molecular weight excluding hydrogens is 341 g/mol. The van der Waals surface area contributed by atoms with E-state index in [1.54, 1.807) is 0 Å². The lowest BCUT2D eigenvalue weighted by Gasteiger charge is -2.33. The maximum Gasteiger partial charge on any atom is 0.416 e. The van der Waals surface area contributed by atoms with Gasteiger partial charge in [-0.3, -0.25) is 4.79 Å². The van der Waals surface area contributed by atoms with Crippen molar-refractivity contribution < 1.29 is 18.0 Å². The highest BCUT2D eigenvalue weighted by molar-refractivity contribution is 5.85. The van der Waals surface area contributed by atoms with E-state index in [1.165, 1.54) is 12.1 Å². The lowest BCUT2D eigenvalue weighted by Crippen LogP contribution is -2.47. The van der Waals surface area contributed by atoms with Gasteiger partial charge in [-0.1, -0.05) is 19.1 Å². The highest BCUT2D eigenvalue weighted by atomic mass is 35.5. The van der Waals surface area contributed by atoms with Crippen LogP contribution in [0.2, 0.25) is 0 Å². The number of piperidine rings is 1. The summed E-state index contributed by atoms with van der Waals surface area (Å²) in [7, 11) is 1.89. The number of halogens is 4. The van der Waals surface area contributed by atoms with E-state index in [9.17, 15) is 18.0 Å². The summed E-state index contributed by atoms with van der Waals surface area (Å²) < 4.78 is 37.7. The van der Waals surface area contributed by atoms with Crippen LogP contribution in [0.15, 0.2) is 24.3 Å². The second-order valence-electron chi connectivity index (χ2n) is 6.19. The van der Waals surface area contributed by atoms with E-state index in [0.29, 0.717) is 19.0 Å². The van der Waals surface area contributed by atoms with Crippen molar-refractivity contribution >= 4 is 18.3 Å². The van der Waals surface area contributed by atoms with E-state index in [-0.39, 0.29) is 24.2 Å². The molecule has 7 heteroatoms. The van der Waals surface area contributed by atoms with Crippen molar-refractivity contribution in [2.45, 2.75) is 44.3 Å². The zero-order valence-corrected chi connectivity index (χ0v) is 14.7. The van der Waals surface area contributed by atoms with Gasteiger partial charge in [0.1, 0.15) is 0 Å². The first kappa shape index (κ1) is 20.8. The third-order valence-corrected chi connectivity index (χ3v) is 4.47. The quantitative estimate of drug-likeness (QED) is 0.880. The minimum absolute atomic E-state index is 0. The fraction of sp³-hybridized carbons (Fsp3) is 0.588. The van der Waals surface area contributed by atoms with Crippen LogP contribution in [0.5, 0.6) is 0 Å². The molecule has 1 aliphatic heterocycles. The molecule has 0 radical (unpaired) electrons. The Morgan fingerprint density at radius 3 is 2.50 bits per heavy atom. The Morgan fingerprint density at radius 1 is 1.33 bits per heavy atom. The van der Waals surface area contributed by atoms with Gasteiger partial charge in [0.15, 0.2) is 0 Å². The molecule has 1 amide bonds. The number of likely N-dealkylation sites (tertiary alicyclic amines) is 1. The molecule has 2 unspecified atom stereocenters. The molecule has 3 nitrogen and oxygen atoms in total. The second kappa shape index (κ2) is 8.72. The smallest absolute Gasteiger partial charge is 0.341 e. The molecule has 1 aliphatic rings. The van der Waals surface area contributed by atoms with E-state index in [2.05, 4.69) is 5.32 Å². The summed E-state index contributed by atoms with van der Waals surface area (Å²) in [5, 5.41) is 3.19. The van der Waals surface area contributed by atoms with Crippen LogP contribution in [-0.4, -0.2) is 37.0 Å². The van der Waals surface area contributed by atoms with Crippen molar-refractivity contribution in [2.24, 2.45) is 0 Å². The van der Waals surface area contributed by atoms with E-state index >= 15 is 0 Å². The lowest BCUT2D eigenvalue weighted by molar-refractivity contribution is -0.137. The van der Waals surface area contributed by atoms with Crippen LogP contribution < -0.4 is 5.32 Å². The van der Waals surface area contributed by atoms with Crippen LogP contribution in [0.1, 0.15) is 43.2 Å². The number of likely N-dealkylation sites (N-methyl/N-ethyl adjacent to an activating group) is 1. The summed E-state index contributed by atoms with van der Waals surface area (Å²) in [6.45, 7) is 3.34. The Morgan fingerprint density at radius 2 is 1.96 bits per heavy atom. The van der Waals surface area contributed by atoms with Crippen LogP contribution >= 0.6 is 12.4 Å². The van der Waals surface area contributed by atoms with Gasteiger partial charge in [0.2, 0.25) is 5.91 Å². The van der Waals surface area contributed by atoms with Crippen LogP contribution in [0.3, 0.4) is 0 Å². The van der Waals surface area contributed by atoms with Gasteiger partial charge < -0.3 is 10.2 Å². The van der Waals surface area contributed by atoms with Crippen molar-refractivity contribution in [3.05, 3.63) is 35.4 Å². The van der Waals surface area contributed by atoms with E-state index in [0.717, 1.165) is 37.1 Å². The molecule has 1 fully saturated rings. The molecule has 0 saturated carbocycles. The predicted octanol–water partition coefficient (Wildman–Crippen LogP) is 3.83. The summed E-state index contributed by atoms with van der Waals surface area (Å²) in [4.78, 5) is 14.2. The molecular formula is C17H24ClF3N2O. The Balaban J connectivity index is 0.00000288. The predicted molar refractivity (Wildman–Crippen MR) is 90.4 cm³/mol. The van der Waals surface area contributed by atoms with Gasteiger partial charge in [0.25, 0.3) is 0 Å². The third-order valence-electron chi connectivity index (χ3n) is 4.47. The first-order chi connectivity index (χ1) is 10.8. The fourth-order valence-corrected chi connectivity index (χ4v) is 2.95. The van der Waals surface area contributed by atoms with Crippen molar-refractivity contribution in [2.75, 3.05) is 20.1 Å². The zero-order chi connectivity index (χ0) is 17.0. The molecule has 136 valence electrons. The van der Waals surface area contributed by atoms with Crippen LogP contribution in [-0.2, 0) is 11.0 Å². The molecule has 2 atom stereocenters. The summed E-state index contributed by atoms with van der Waals surface area (Å²) in [6, 6.07) is 5.41. The Labute approximate surface area is 147 Å². The Hall–Kier alpha value is -1.27. The molecule has 0 aromatic heterocycles. The molecule has 1 heterocycles. The Bertz CT molecular complexity index is 534. The van der Waals surface area contributed by atoms with E-state index in [1.807, 2.05) is 18.9 Å². The molecule has 0 spiro atoms. The van der Waals surface area contributed by atoms with Gasteiger partial charge in [0, 0.05) is 25.6 Å². The minimum Gasteiger partial charge on any atom is -0.341 e. The number of carbonyl (C=O) groups is 1. The first-order valence-corrected chi connectivity index (χ1v) is 7.93. The molecule has 2 rings (SSSR count). The topological polar surface area (TPSA) is 32.3 Å². The molecule has 1 saturated heterocycles. The van der Waals surface area contributed by atoms with Gasteiger partial charge in [-0.05, 0) is 43.5 Å². The molecule has 0 bridgehead atoms. The highest BCUT2D eigenvalue weighted by Gasteiger charge is 2.30. The number of hydrogen-bond donors (Lipinski definition) is 1. The van der Waals surface area contributed by atoms with Crippen molar-refractivity contribution in [1.82, 2.24) is 10.2 Å². The summed E-state index contributed by atoms with van der Waals surface area (Å²) in [5.41, 5.74) is 0.0983. The largest absolute Gasteiger partial charge is 0.416 e. The molecule has 1 aromatic carbocycles. The van der Waals surface area contributed by atoms with Crippen LogP contribution in [0.4, 0.5) is 13.2 Å². The second-order valence-corrected chi connectivity index (χ2v) is 6.19. The van der Waals surface area contributed by atoms with Crippen molar-refractivity contribution in [1.29, 1.82) is 0 Å². The Kier molecular flexibility index (Phi) is 7.55. The molecule has 0 aliphatic carbocycles. The van der Waals surface area contributed by atoms with Gasteiger partial charge >= 0.3 is 6.18 Å². The number of alkyl halides is 3. The van der Waals surface area contributed by atoms with Gasteiger partial charge in [0.05, 0.1) is 5.56 Å². The number of nitrogens with zero attached hydrogens (tertiary/aromatic N) is 1. The average molecular weight is 365 g/mol. The number of carbonyl (C=O) groups excluding carboxylic acids is 1. The normalized spacial score (nSPS) is 19.5. The highest BCUT2D eigenvalue weighted by Crippen LogP contribution is 2.30. The molecule has 1 aromatic rings.